The van der Waals surface area contributed by atoms with Gasteiger partial charge in [-0.25, -0.2) is 0 Å². The maximum Gasteiger partial charge on any atom is 0.225 e. The van der Waals surface area contributed by atoms with Crippen molar-refractivity contribution in [2.45, 2.75) is 44.6 Å². The van der Waals surface area contributed by atoms with Crippen molar-refractivity contribution in [2.24, 2.45) is 5.92 Å². The Labute approximate surface area is 89.8 Å². The standard InChI is InChI=1S/C11H18N2O2/c1-11(4-2-3-5-11)13-10(15)8-6-9(14)12-7-8/h8H,2-7H2,1H3,(H,12,14)(H,13,15). The average molecular weight is 210 g/mol. The lowest BCUT2D eigenvalue weighted by Crippen LogP contribution is -2.46. The van der Waals surface area contributed by atoms with Crippen molar-refractivity contribution in [2.75, 3.05) is 6.54 Å². The van der Waals surface area contributed by atoms with Crippen LogP contribution in [0.3, 0.4) is 0 Å². The van der Waals surface area contributed by atoms with Crippen molar-refractivity contribution in [3.63, 3.8) is 0 Å². The lowest BCUT2D eigenvalue weighted by Gasteiger charge is -2.26. The summed E-state index contributed by atoms with van der Waals surface area (Å²) < 4.78 is 0. The van der Waals surface area contributed by atoms with Gasteiger partial charge >= 0.3 is 0 Å². The minimum atomic E-state index is -0.157. The van der Waals surface area contributed by atoms with Gasteiger partial charge < -0.3 is 10.6 Å². The van der Waals surface area contributed by atoms with E-state index in [1.807, 2.05) is 0 Å². The molecule has 2 fully saturated rings. The molecule has 1 unspecified atom stereocenters. The number of hydrogen-bond donors (Lipinski definition) is 2. The van der Waals surface area contributed by atoms with E-state index in [2.05, 4.69) is 17.6 Å². The summed E-state index contributed by atoms with van der Waals surface area (Å²) in [4.78, 5) is 22.8. The molecule has 84 valence electrons. The summed E-state index contributed by atoms with van der Waals surface area (Å²) in [5.74, 6) is -0.126. The average Bonchev–Trinajstić information content (AvgIpc) is 2.75. The zero-order chi connectivity index (χ0) is 10.9. The SMILES string of the molecule is CC1(NC(=O)C2CNC(=O)C2)CCCC1. The molecule has 0 aromatic carbocycles. The molecule has 1 saturated heterocycles. The van der Waals surface area contributed by atoms with Crippen molar-refractivity contribution >= 4 is 11.8 Å². The van der Waals surface area contributed by atoms with Crippen LogP contribution in [0.25, 0.3) is 0 Å². The second kappa shape index (κ2) is 3.83. The van der Waals surface area contributed by atoms with Crippen molar-refractivity contribution in [3.05, 3.63) is 0 Å². The van der Waals surface area contributed by atoms with Gasteiger partial charge in [0.2, 0.25) is 11.8 Å². The molecular formula is C11H18N2O2. The molecule has 0 radical (unpaired) electrons. The van der Waals surface area contributed by atoms with Crippen LogP contribution in [-0.4, -0.2) is 23.9 Å². The molecule has 1 aliphatic heterocycles. The third-order valence-electron chi connectivity index (χ3n) is 3.48. The molecule has 1 aliphatic carbocycles. The quantitative estimate of drug-likeness (QED) is 0.700. The number of rotatable bonds is 2. The van der Waals surface area contributed by atoms with Crippen molar-refractivity contribution in [1.82, 2.24) is 10.6 Å². The van der Waals surface area contributed by atoms with E-state index in [-0.39, 0.29) is 23.3 Å². The molecule has 2 rings (SSSR count). The lowest BCUT2D eigenvalue weighted by atomic mass is 9.98. The highest BCUT2D eigenvalue weighted by Crippen LogP contribution is 2.29. The van der Waals surface area contributed by atoms with Crippen molar-refractivity contribution in [3.8, 4) is 0 Å². The molecule has 1 saturated carbocycles. The molecule has 2 aliphatic rings. The van der Waals surface area contributed by atoms with Crippen LogP contribution in [0.2, 0.25) is 0 Å². The monoisotopic (exact) mass is 210 g/mol. The Morgan fingerprint density at radius 2 is 2.13 bits per heavy atom. The summed E-state index contributed by atoms with van der Waals surface area (Å²) in [5, 5.41) is 5.77. The van der Waals surface area contributed by atoms with Gasteiger partial charge in [0.05, 0.1) is 5.92 Å². The van der Waals surface area contributed by atoms with Crippen LogP contribution in [0.1, 0.15) is 39.0 Å². The largest absolute Gasteiger partial charge is 0.355 e. The molecule has 0 aromatic heterocycles. The molecule has 2 N–H and O–H groups in total. The van der Waals surface area contributed by atoms with Gasteiger partial charge in [0.15, 0.2) is 0 Å². The molecule has 0 aromatic rings. The summed E-state index contributed by atoms with van der Waals surface area (Å²) in [6, 6.07) is 0. The highest BCUT2D eigenvalue weighted by atomic mass is 16.2. The predicted molar refractivity (Wildman–Crippen MR) is 56.1 cm³/mol. The van der Waals surface area contributed by atoms with E-state index in [0.29, 0.717) is 13.0 Å². The van der Waals surface area contributed by atoms with Crippen LogP contribution < -0.4 is 10.6 Å². The Morgan fingerprint density at radius 3 is 2.67 bits per heavy atom. The molecule has 4 heteroatoms. The summed E-state index contributed by atoms with van der Waals surface area (Å²) in [5.41, 5.74) is -0.0251. The van der Waals surface area contributed by atoms with Crippen LogP contribution in [-0.2, 0) is 9.59 Å². The first-order chi connectivity index (χ1) is 7.09. The van der Waals surface area contributed by atoms with Gasteiger partial charge in [0.1, 0.15) is 0 Å². The van der Waals surface area contributed by atoms with E-state index in [0.717, 1.165) is 12.8 Å². The maximum atomic E-state index is 11.8. The number of nitrogens with one attached hydrogen (secondary N) is 2. The number of carbonyl (C=O) groups excluding carboxylic acids is 2. The van der Waals surface area contributed by atoms with Crippen LogP contribution in [0, 0.1) is 5.92 Å². The number of amides is 2. The fourth-order valence-corrected chi connectivity index (χ4v) is 2.47. The van der Waals surface area contributed by atoms with Crippen LogP contribution in [0.5, 0.6) is 0 Å². The Kier molecular flexibility index (Phi) is 2.67. The Bertz CT molecular complexity index is 282. The van der Waals surface area contributed by atoms with Gasteiger partial charge in [0, 0.05) is 18.5 Å². The Morgan fingerprint density at radius 1 is 1.47 bits per heavy atom. The normalized spacial score (nSPS) is 28.9. The second-order valence-electron chi connectivity index (χ2n) is 4.96. The fraction of sp³-hybridized carbons (Fsp3) is 0.818. The molecule has 1 heterocycles. The van der Waals surface area contributed by atoms with Crippen LogP contribution in [0.15, 0.2) is 0 Å². The van der Waals surface area contributed by atoms with E-state index >= 15 is 0 Å². The molecule has 2 amide bonds. The summed E-state index contributed by atoms with van der Waals surface area (Å²) in [6.07, 6.45) is 4.86. The van der Waals surface area contributed by atoms with Gasteiger partial charge in [-0.1, -0.05) is 12.8 Å². The molecule has 4 nitrogen and oxygen atoms in total. The van der Waals surface area contributed by atoms with Crippen LogP contribution in [0.4, 0.5) is 0 Å². The third kappa shape index (κ3) is 2.30. The Hall–Kier alpha value is -1.06. The number of hydrogen-bond acceptors (Lipinski definition) is 2. The van der Waals surface area contributed by atoms with Gasteiger partial charge in [-0.3, -0.25) is 9.59 Å². The topological polar surface area (TPSA) is 58.2 Å². The highest BCUT2D eigenvalue weighted by Gasteiger charge is 2.34. The zero-order valence-electron chi connectivity index (χ0n) is 9.14. The summed E-state index contributed by atoms with van der Waals surface area (Å²) >= 11 is 0. The smallest absolute Gasteiger partial charge is 0.225 e. The molecule has 0 spiro atoms. The molecular weight excluding hydrogens is 192 g/mol. The summed E-state index contributed by atoms with van der Waals surface area (Å²) in [6.45, 7) is 2.60. The first kappa shape index (κ1) is 10.5. The summed E-state index contributed by atoms with van der Waals surface area (Å²) in [7, 11) is 0. The van der Waals surface area contributed by atoms with E-state index < -0.39 is 0 Å². The third-order valence-corrected chi connectivity index (χ3v) is 3.48. The first-order valence-corrected chi connectivity index (χ1v) is 5.68. The molecule has 0 bridgehead atoms. The maximum absolute atomic E-state index is 11.8. The molecule has 15 heavy (non-hydrogen) atoms. The van der Waals surface area contributed by atoms with Crippen molar-refractivity contribution < 1.29 is 9.59 Å². The van der Waals surface area contributed by atoms with E-state index in [1.54, 1.807) is 0 Å². The van der Waals surface area contributed by atoms with Crippen LogP contribution >= 0.6 is 0 Å². The minimum absolute atomic E-state index is 0.00766. The van der Waals surface area contributed by atoms with Gasteiger partial charge in [-0.2, -0.15) is 0 Å². The predicted octanol–water partition coefficient (Wildman–Crippen LogP) is 0.571. The minimum Gasteiger partial charge on any atom is -0.355 e. The van der Waals surface area contributed by atoms with Gasteiger partial charge in [-0.15, -0.1) is 0 Å². The van der Waals surface area contributed by atoms with E-state index in [1.165, 1.54) is 12.8 Å². The highest BCUT2D eigenvalue weighted by molar-refractivity contribution is 5.89. The van der Waals surface area contributed by atoms with E-state index in [9.17, 15) is 9.59 Å². The van der Waals surface area contributed by atoms with Crippen molar-refractivity contribution in [1.29, 1.82) is 0 Å². The Balaban J connectivity index is 1.89. The van der Waals surface area contributed by atoms with Gasteiger partial charge in [0.25, 0.3) is 0 Å². The zero-order valence-corrected chi connectivity index (χ0v) is 9.14. The van der Waals surface area contributed by atoms with Gasteiger partial charge in [-0.05, 0) is 19.8 Å². The van der Waals surface area contributed by atoms with E-state index in [4.69, 9.17) is 0 Å². The number of carbonyl (C=O) groups is 2. The lowest BCUT2D eigenvalue weighted by molar-refractivity contribution is -0.127. The first-order valence-electron chi connectivity index (χ1n) is 5.68. The molecule has 1 atom stereocenters. The second-order valence-corrected chi connectivity index (χ2v) is 4.96. The fourth-order valence-electron chi connectivity index (χ4n) is 2.47.